The van der Waals surface area contributed by atoms with E-state index in [2.05, 4.69) is 30.6 Å². The monoisotopic (exact) mass is 278 g/mol. The Kier molecular flexibility index (Phi) is 4.72. The third-order valence-corrected chi connectivity index (χ3v) is 6.69. The Hall–Kier alpha value is -0.0800. The first-order valence-electron chi connectivity index (χ1n) is 9.24. The van der Waals surface area contributed by atoms with Crippen LogP contribution >= 0.6 is 0 Å². The van der Waals surface area contributed by atoms with Crippen LogP contribution in [0.5, 0.6) is 0 Å². The molecular formula is C18H34N2. The molecular weight excluding hydrogens is 244 g/mol. The van der Waals surface area contributed by atoms with Crippen LogP contribution in [-0.4, -0.2) is 47.6 Å². The van der Waals surface area contributed by atoms with Gasteiger partial charge in [-0.25, -0.2) is 0 Å². The Balaban J connectivity index is 1.70. The molecule has 2 heterocycles. The van der Waals surface area contributed by atoms with Gasteiger partial charge in [-0.1, -0.05) is 33.6 Å². The summed E-state index contributed by atoms with van der Waals surface area (Å²) in [5.41, 5.74) is 0. The number of hydrogen-bond donors (Lipinski definition) is 0. The number of fused-ring (bicyclic) bond motifs is 1. The van der Waals surface area contributed by atoms with Crippen molar-refractivity contribution in [2.45, 2.75) is 83.8 Å². The maximum Gasteiger partial charge on any atom is 0.0224 e. The number of piperazine rings is 1. The minimum atomic E-state index is 0.826. The van der Waals surface area contributed by atoms with Crippen LogP contribution in [-0.2, 0) is 0 Å². The highest BCUT2D eigenvalue weighted by Crippen LogP contribution is 2.39. The predicted octanol–water partition coefficient (Wildman–Crippen LogP) is 3.76. The van der Waals surface area contributed by atoms with E-state index in [1.54, 1.807) is 0 Å². The SMILES string of the molecule is CCC1CCC(N2CC3CCCCN3CC2CC)C1C. The Bertz CT molecular complexity index is 317. The average Bonchev–Trinajstić information content (AvgIpc) is 2.86. The van der Waals surface area contributed by atoms with Gasteiger partial charge in [0.1, 0.15) is 0 Å². The molecule has 0 bridgehead atoms. The number of hydrogen-bond acceptors (Lipinski definition) is 2. The van der Waals surface area contributed by atoms with Gasteiger partial charge in [0.25, 0.3) is 0 Å². The predicted molar refractivity (Wildman–Crippen MR) is 86.0 cm³/mol. The molecule has 5 unspecified atom stereocenters. The standard InChI is InChI=1S/C18H34N2/c1-4-15-9-10-18(14(15)3)20-13-17-8-6-7-11-19(17)12-16(20)5-2/h14-18H,4-13H2,1-3H3. The summed E-state index contributed by atoms with van der Waals surface area (Å²) >= 11 is 0. The summed E-state index contributed by atoms with van der Waals surface area (Å²) in [6.07, 6.45) is 10.0. The molecule has 0 aromatic heterocycles. The van der Waals surface area contributed by atoms with Crippen LogP contribution in [0.4, 0.5) is 0 Å². The molecule has 3 aliphatic rings. The summed E-state index contributed by atoms with van der Waals surface area (Å²) in [5.74, 6) is 1.91. The largest absolute Gasteiger partial charge is 0.298 e. The van der Waals surface area contributed by atoms with Crippen molar-refractivity contribution in [3.63, 3.8) is 0 Å². The van der Waals surface area contributed by atoms with E-state index in [1.165, 1.54) is 64.6 Å². The molecule has 1 aliphatic carbocycles. The van der Waals surface area contributed by atoms with E-state index in [0.717, 1.165) is 30.0 Å². The molecule has 3 rings (SSSR count). The Morgan fingerprint density at radius 1 is 0.950 bits per heavy atom. The molecule has 116 valence electrons. The van der Waals surface area contributed by atoms with Gasteiger partial charge in [0.15, 0.2) is 0 Å². The van der Waals surface area contributed by atoms with Gasteiger partial charge in [0, 0.05) is 31.2 Å². The molecule has 0 radical (unpaired) electrons. The van der Waals surface area contributed by atoms with Crippen molar-refractivity contribution >= 4 is 0 Å². The molecule has 2 aliphatic heterocycles. The first-order chi connectivity index (χ1) is 9.74. The zero-order valence-electron chi connectivity index (χ0n) is 13.9. The molecule has 20 heavy (non-hydrogen) atoms. The van der Waals surface area contributed by atoms with Crippen LogP contribution in [0, 0.1) is 11.8 Å². The van der Waals surface area contributed by atoms with E-state index < -0.39 is 0 Å². The lowest BCUT2D eigenvalue weighted by Crippen LogP contribution is -2.62. The summed E-state index contributed by atoms with van der Waals surface area (Å²) in [5, 5.41) is 0. The quantitative estimate of drug-likeness (QED) is 0.775. The van der Waals surface area contributed by atoms with E-state index in [9.17, 15) is 0 Å². The highest BCUT2D eigenvalue weighted by Gasteiger charge is 2.42. The molecule has 2 saturated heterocycles. The molecule has 5 atom stereocenters. The Labute approximate surface area is 125 Å². The zero-order valence-corrected chi connectivity index (χ0v) is 13.9. The molecule has 1 saturated carbocycles. The normalized spacial score (nSPS) is 43.6. The maximum atomic E-state index is 2.95. The van der Waals surface area contributed by atoms with Crippen molar-refractivity contribution in [3.05, 3.63) is 0 Å². The van der Waals surface area contributed by atoms with Crippen molar-refractivity contribution in [3.8, 4) is 0 Å². The molecule has 0 N–H and O–H groups in total. The summed E-state index contributed by atoms with van der Waals surface area (Å²) in [7, 11) is 0. The first kappa shape index (κ1) is 14.8. The third kappa shape index (κ3) is 2.66. The van der Waals surface area contributed by atoms with Gasteiger partial charge in [-0.05, 0) is 50.5 Å². The van der Waals surface area contributed by atoms with Crippen LogP contribution in [0.2, 0.25) is 0 Å². The fourth-order valence-corrected chi connectivity index (χ4v) is 5.31. The van der Waals surface area contributed by atoms with Crippen molar-refractivity contribution in [2.24, 2.45) is 11.8 Å². The second-order valence-electron chi connectivity index (χ2n) is 7.58. The van der Waals surface area contributed by atoms with Crippen LogP contribution < -0.4 is 0 Å². The lowest BCUT2D eigenvalue weighted by atomic mass is 9.89. The first-order valence-corrected chi connectivity index (χ1v) is 9.24. The summed E-state index contributed by atoms with van der Waals surface area (Å²) < 4.78 is 0. The number of rotatable bonds is 3. The molecule has 2 nitrogen and oxygen atoms in total. The molecule has 0 aromatic carbocycles. The van der Waals surface area contributed by atoms with Gasteiger partial charge in [0.2, 0.25) is 0 Å². The van der Waals surface area contributed by atoms with Crippen LogP contribution in [0.1, 0.15) is 65.7 Å². The van der Waals surface area contributed by atoms with E-state index >= 15 is 0 Å². The number of piperidine rings is 1. The van der Waals surface area contributed by atoms with Crippen molar-refractivity contribution < 1.29 is 0 Å². The Morgan fingerprint density at radius 2 is 1.80 bits per heavy atom. The lowest BCUT2D eigenvalue weighted by molar-refractivity contribution is -0.0244. The molecule has 2 heteroatoms. The highest BCUT2D eigenvalue weighted by atomic mass is 15.3. The van der Waals surface area contributed by atoms with Gasteiger partial charge in [0.05, 0.1) is 0 Å². The molecule has 3 fully saturated rings. The zero-order chi connectivity index (χ0) is 14.1. The van der Waals surface area contributed by atoms with Gasteiger partial charge in [-0.2, -0.15) is 0 Å². The van der Waals surface area contributed by atoms with Gasteiger partial charge >= 0.3 is 0 Å². The fraction of sp³-hybridized carbons (Fsp3) is 1.00. The van der Waals surface area contributed by atoms with Crippen LogP contribution in [0.15, 0.2) is 0 Å². The molecule has 0 aromatic rings. The van der Waals surface area contributed by atoms with Gasteiger partial charge in [-0.3, -0.25) is 9.80 Å². The smallest absolute Gasteiger partial charge is 0.0224 e. The van der Waals surface area contributed by atoms with E-state index in [1.807, 2.05) is 0 Å². The van der Waals surface area contributed by atoms with Gasteiger partial charge in [-0.15, -0.1) is 0 Å². The van der Waals surface area contributed by atoms with Gasteiger partial charge < -0.3 is 0 Å². The summed E-state index contributed by atoms with van der Waals surface area (Å²) in [6.45, 7) is 11.4. The third-order valence-electron chi connectivity index (χ3n) is 6.69. The van der Waals surface area contributed by atoms with Crippen LogP contribution in [0.25, 0.3) is 0 Å². The van der Waals surface area contributed by atoms with Crippen molar-refractivity contribution in [2.75, 3.05) is 19.6 Å². The second-order valence-corrected chi connectivity index (χ2v) is 7.58. The summed E-state index contributed by atoms with van der Waals surface area (Å²) in [4.78, 5) is 5.76. The fourth-order valence-electron chi connectivity index (χ4n) is 5.31. The minimum Gasteiger partial charge on any atom is -0.298 e. The Morgan fingerprint density at radius 3 is 2.50 bits per heavy atom. The number of nitrogens with zero attached hydrogens (tertiary/aromatic N) is 2. The molecule has 0 amide bonds. The lowest BCUT2D eigenvalue weighted by Gasteiger charge is -2.51. The van der Waals surface area contributed by atoms with Crippen molar-refractivity contribution in [1.82, 2.24) is 9.80 Å². The summed E-state index contributed by atoms with van der Waals surface area (Å²) in [6, 6.07) is 2.58. The molecule has 0 spiro atoms. The minimum absolute atomic E-state index is 0.826. The van der Waals surface area contributed by atoms with E-state index in [-0.39, 0.29) is 0 Å². The maximum absolute atomic E-state index is 2.95. The average molecular weight is 278 g/mol. The van der Waals surface area contributed by atoms with Crippen molar-refractivity contribution in [1.29, 1.82) is 0 Å². The highest BCUT2D eigenvalue weighted by molar-refractivity contribution is 4.97. The van der Waals surface area contributed by atoms with Crippen LogP contribution in [0.3, 0.4) is 0 Å². The van der Waals surface area contributed by atoms with E-state index in [4.69, 9.17) is 0 Å². The topological polar surface area (TPSA) is 6.48 Å². The van der Waals surface area contributed by atoms with E-state index in [0.29, 0.717) is 0 Å². The second kappa shape index (κ2) is 6.36.